The Morgan fingerprint density at radius 2 is 1.00 bits per heavy atom. The first kappa shape index (κ1) is 26.2. The Bertz CT molecular complexity index is 301. The zero-order valence-corrected chi connectivity index (χ0v) is 20.0. The van der Waals surface area contributed by atoms with Crippen molar-refractivity contribution in [1.29, 1.82) is 0 Å². The molecule has 0 heterocycles. The van der Waals surface area contributed by atoms with Gasteiger partial charge in [-0.05, 0) is 72.6 Å². The first-order valence-corrected chi connectivity index (χ1v) is 14.6. The summed E-state index contributed by atoms with van der Waals surface area (Å²) < 4.78 is 29.7. The van der Waals surface area contributed by atoms with Gasteiger partial charge in [0.1, 0.15) is 0 Å². The molecule has 0 rings (SSSR count). The number of hydrogen-bond donors (Lipinski definition) is 1. The zero-order chi connectivity index (χ0) is 19.7. The second-order valence-corrected chi connectivity index (χ2v) is 12.4. The third-order valence-corrected chi connectivity index (χ3v) is 11.2. The molecule has 6 nitrogen and oxygen atoms in total. The van der Waals surface area contributed by atoms with Gasteiger partial charge in [0.2, 0.25) is 0 Å². The Labute approximate surface area is 163 Å². The largest absolute Gasteiger partial charge is 0.500 e. The SMILES string of the molecule is CCO[Si](CC)(CCCNCCC[Si](OCC)(OCC)OCC)OCC. The number of rotatable bonds is 19. The van der Waals surface area contributed by atoms with Crippen molar-refractivity contribution in [2.24, 2.45) is 0 Å². The fourth-order valence-electron chi connectivity index (χ4n) is 3.13. The van der Waals surface area contributed by atoms with Gasteiger partial charge < -0.3 is 27.4 Å². The molecule has 0 aromatic rings. The summed E-state index contributed by atoms with van der Waals surface area (Å²) in [4.78, 5) is 0. The molecule has 0 fully saturated rings. The lowest BCUT2D eigenvalue weighted by Gasteiger charge is -2.29. The summed E-state index contributed by atoms with van der Waals surface area (Å²) in [5.41, 5.74) is 0. The van der Waals surface area contributed by atoms with Gasteiger partial charge in [-0.3, -0.25) is 0 Å². The summed E-state index contributed by atoms with van der Waals surface area (Å²) >= 11 is 0. The summed E-state index contributed by atoms with van der Waals surface area (Å²) in [7, 11) is -4.49. The van der Waals surface area contributed by atoms with E-state index in [4.69, 9.17) is 22.1 Å². The molecule has 0 saturated heterocycles. The predicted octanol–water partition coefficient (Wildman–Crippen LogP) is 3.94. The standard InChI is InChI=1S/C18H43NO5Si2/c1-7-20-25(12-6,21-8-2)17-13-15-19-16-14-18-26(22-9-3,23-10-4)24-11-5/h19H,7-18H2,1-6H3. The average molecular weight is 410 g/mol. The molecular formula is C18H43NO5Si2. The third kappa shape index (κ3) is 10.5. The molecule has 0 unspecified atom stereocenters. The maximum atomic E-state index is 6.02. The highest BCUT2D eigenvalue weighted by atomic mass is 28.4. The molecule has 0 amide bonds. The van der Waals surface area contributed by atoms with E-state index in [9.17, 15) is 0 Å². The van der Waals surface area contributed by atoms with E-state index in [1.54, 1.807) is 0 Å². The lowest BCUT2D eigenvalue weighted by molar-refractivity contribution is 0.0708. The maximum absolute atomic E-state index is 6.02. The summed E-state index contributed by atoms with van der Waals surface area (Å²) in [6, 6.07) is 2.93. The van der Waals surface area contributed by atoms with Gasteiger partial charge in [-0.2, -0.15) is 0 Å². The van der Waals surface area contributed by atoms with Gasteiger partial charge in [0.15, 0.2) is 0 Å². The molecule has 0 aliphatic heterocycles. The summed E-state index contributed by atoms with van der Waals surface area (Å²) in [5, 5.41) is 3.53. The molecule has 0 spiro atoms. The third-order valence-electron chi connectivity index (χ3n) is 4.19. The van der Waals surface area contributed by atoms with Gasteiger partial charge in [-0.15, -0.1) is 0 Å². The fraction of sp³-hybridized carbons (Fsp3) is 1.00. The minimum absolute atomic E-state index is 0.637. The highest BCUT2D eigenvalue weighted by Gasteiger charge is 2.39. The van der Waals surface area contributed by atoms with Crippen molar-refractivity contribution in [3.8, 4) is 0 Å². The van der Waals surface area contributed by atoms with Crippen molar-refractivity contribution in [1.82, 2.24) is 5.32 Å². The van der Waals surface area contributed by atoms with Crippen LogP contribution in [0.2, 0.25) is 18.1 Å². The van der Waals surface area contributed by atoms with Gasteiger partial charge >= 0.3 is 17.4 Å². The van der Waals surface area contributed by atoms with Crippen LogP contribution in [0, 0.1) is 0 Å². The van der Waals surface area contributed by atoms with Crippen molar-refractivity contribution < 1.29 is 22.1 Å². The van der Waals surface area contributed by atoms with Gasteiger partial charge in [-0.1, -0.05) is 6.92 Å². The quantitative estimate of drug-likeness (QED) is 0.258. The molecule has 0 bridgehead atoms. The molecule has 158 valence electrons. The van der Waals surface area contributed by atoms with Gasteiger partial charge in [0.25, 0.3) is 0 Å². The van der Waals surface area contributed by atoms with Crippen molar-refractivity contribution in [2.45, 2.75) is 72.5 Å². The van der Waals surface area contributed by atoms with Crippen LogP contribution in [-0.2, 0) is 22.1 Å². The molecule has 0 radical (unpaired) electrons. The Hall–Kier alpha value is 0.194. The molecule has 26 heavy (non-hydrogen) atoms. The molecule has 0 aromatic carbocycles. The van der Waals surface area contributed by atoms with Gasteiger partial charge in [0.05, 0.1) is 0 Å². The topological polar surface area (TPSA) is 58.2 Å². The predicted molar refractivity (Wildman–Crippen MR) is 112 cm³/mol. The molecule has 0 atom stereocenters. The minimum Gasteiger partial charge on any atom is -0.394 e. The molecule has 0 saturated carbocycles. The van der Waals surface area contributed by atoms with Crippen molar-refractivity contribution >= 4 is 17.4 Å². The Balaban J connectivity index is 4.16. The molecule has 8 heteroatoms. The molecule has 1 N–H and O–H groups in total. The zero-order valence-electron chi connectivity index (χ0n) is 18.0. The molecular weight excluding hydrogens is 366 g/mol. The second kappa shape index (κ2) is 16.2. The van der Waals surface area contributed by atoms with E-state index < -0.39 is 17.4 Å². The number of nitrogens with one attached hydrogen (secondary N) is 1. The van der Waals surface area contributed by atoms with E-state index in [0.29, 0.717) is 19.8 Å². The molecule has 0 aliphatic rings. The summed E-state index contributed by atoms with van der Waals surface area (Å²) in [6.07, 6.45) is 2.09. The van der Waals surface area contributed by atoms with E-state index in [-0.39, 0.29) is 0 Å². The minimum atomic E-state index is -2.49. The van der Waals surface area contributed by atoms with Crippen LogP contribution < -0.4 is 5.32 Å². The smallest absolute Gasteiger partial charge is 0.394 e. The lowest BCUT2D eigenvalue weighted by Crippen LogP contribution is -2.46. The second-order valence-electron chi connectivity index (χ2n) is 6.07. The van der Waals surface area contributed by atoms with Crippen LogP contribution in [0.25, 0.3) is 0 Å². The van der Waals surface area contributed by atoms with Gasteiger partial charge in [-0.25, -0.2) is 0 Å². The van der Waals surface area contributed by atoms with Gasteiger partial charge in [0, 0.05) is 39.1 Å². The molecule has 0 aromatic heterocycles. The van der Waals surface area contributed by atoms with Crippen molar-refractivity contribution in [3.63, 3.8) is 0 Å². The Kier molecular flexibility index (Phi) is 16.3. The Morgan fingerprint density at radius 3 is 1.38 bits per heavy atom. The maximum Gasteiger partial charge on any atom is 0.500 e. The highest BCUT2D eigenvalue weighted by molar-refractivity contribution is 6.67. The highest BCUT2D eigenvalue weighted by Crippen LogP contribution is 2.21. The summed E-state index contributed by atoms with van der Waals surface area (Å²) in [6.45, 7) is 17.6. The number of hydrogen-bond acceptors (Lipinski definition) is 6. The first-order chi connectivity index (χ1) is 12.6. The van der Waals surface area contributed by atoms with Crippen LogP contribution in [-0.4, -0.2) is 63.5 Å². The van der Waals surface area contributed by atoms with Crippen LogP contribution in [0.1, 0.15) is 54.4 Å². The lowest BCUT2D eigenvalue weighted by atomic mass is 10.4. The Morgan fingerprint density at radius 1 is 0.577 bits per heavy atom. The van der Waals surface area contributed by atoms with Crippen LogP contribution in [0.15, 0.2) is 0 Å². The average Bonchev–Trinajstić information content (AvgIpc) is 2.62. The first-order valence-electron chi connectivity index (χ1n) is 10.5. The van der Waals surface area contributed by atoms with E-state index in [1.807, 2.05) is 20.8 Å². The van der Waals surface area contributed by atoms with E-state index in [2.05, 4.69) is 26.1 Å². The van der Waals surface area contributed by atoms with E-state index in [1.165, 1.54) is 0 Å². The van der Waals surface area contributed by atoms with Crippen LogP contribution in [0.5, 0.6) is 0 Å². The van der Waals surface area contributed by atoms with E-state index >= 15 is 0 Å². The van der Waals surface area contributed by atoms with E-state index in [0.717, 1.165) is 57.3 Å². The summed E-state index contributed by atoms with van der Waals surface area (Å²) in [5.74, 6) is 0. The van der Waals surface area contributed by atoms with Crippen LogP contribution >= 0.6 is 0 Å². The van der Waals surface area contributed by atoms with Crippen molar-refractivity contribution in [3.05, 3.63) is 0 Å². The normalized spacial score (nSPS) is 12.7. The molecule has 0 aliphatic carbocycles. The van der Waals surface area contributed by atoms with Crippen LogP contribution in [0.4, 0.5) is 0 Å². The van der Waals surface area contributed by atoms with Crippen molar-refractivity contribution in [2.75, 3.05) is 46.1 Å². The van der Waals surface area contributed by atoms with Crippen LogP contribution in [0.3, 0.4) is 0 Å². The fourth-order valence-corrected chi connectivity index (χ4v) is 8.65. The monoisotopic (exact) mass is 409 g/mol.